The Kier molecular flexibility index (Phi) is 4.27. The Morgan fingerprint density at radius 1 is 1.45 bits per heavy atom. The van der Waals surface area contributed by atoms with E-state index in [4.69, 9.17) is 4.74 Å². The Labute approximate surface area is 122 Å². The molecule has 1 aromatic carbocycles. The highest BCUT2D eigenvalue weighted by Gasteiger charge is 2.44. The van der Waals surface area contributed by atoms with E-state index in [9.17, 15) is 18.0 Å². The first kappa shape index (κ1) is 15.2. The number of halogens is 4. The molecule has 1 saturated heterocycles. The van der Waals surface area contributed by atoms with Gasteiger partial charge in [-0.15, -0.1) is 0 Å². The van der Waals surface area contributed by atoms with Gasteiger partial charge in [0.05, 0.1) is 7.11 Å². The number of rotatable bonds is 2. The van der Waals surface area contributed by atoms with Gasteiger partial charge in [0.15, 0.2) is 0 Å². The van der Waals surface area contributed by atoms with E-state index in [0.717, 1.165) is 14.9 Å². The van der Waals surface area contributed by atoms with Gasteiger partial charge in [0.25, 0.3) is 0 Å². The first-order valence-corrected chi connectivity index (χ1v) is 6.81. The van der Waals surface area contributed by atoms with Gasteiger partial charge in [-0.25, -0.2) is 0 Å². The van der Waals surface area contributed by atoms with E-state index in [1.54, 1.807) is 12.1 Å². The number of methoxy groups -OCH3 is 1. The number of alkyl halides is 3. The molecular formula is C13H13BrF3NO2. The van der Waals surface area contributed by atoms with Crippen molar-refractivity contribution in [3.05, 3.63) is 28.2 Å². The SMILES string of the molecule is COc1ccc(Br)cc1C1CCN(C(=O)C(F)(F)F)C1. The molecule has 110 valence electrons. The molecule has 1 fully saturated rings. The third-order valence-electron chi connectivity index (χ3n) is 3.35. The molecule has 2 rings (SSSR count). The van der Waals surface area contributed by atoms with Crippen LogP contribution < -0.4 is 4.74 Å². The first-order chi connectivity index (χ1) is 9.32. The van der Waals surface area contributed by atoms with Crippen molar-refractivity contribution in [2.24, 2.45) is 0 Å². The predicted octanol–water partition coefficient (Wildman–Crippen LogP) is 3.34. The van der Waals surface area contributed by atoms with Gasteiger partial charge in [-0.2, -0.15) is 13.2 Å². The summed E-state index contributed by atoms with van der Waals surface area (Å²) in [7, 11) is 1.51. The number of hydrogen-bond acceptors (Lipinski definition) is 2. The maximum Gasteiger partial charge on any atom is 0.471 e. The Morgan fingerprint density at radius 2 is 2.15 bits per heavy atom. The molecule has 20 heavy (non-hydrogen) atoms. The Morgan fingerprint density at radius 3 is 2.75 bits per heavy atom. The molecule has 1 heterocycles. The Hall–Kier alpha value is -1.24. The van der Waals surface area contributed by atoms with Gasteiger partial charge in [0.2, 0.25) is 0 Å². The van der Waals surface area contributed by atoms with Gasteiger partial charge in [0.1, 0.15) is 5.75 Å². The topological polar surface area (TPSA) is 29.5 Å². The van der Waals surface area contributed by atoms with Crippen LogP contribution in [0.4, 0.5) is 13.2 Å². The van der Waals surface area contributed by atoms with Crippen LogP contribution in [0.2, 0.25) is 0 Å². The molecule has 0 radical (unpaired) electrons. The predicted molar refractivity (Wildman–Crippen MR) is 70.7 cm³/mol. The van der Waals surface area contributed by atoms with Gasteiger partial charge in [-0.05, 0) is 24.6 Å². The average Bonchev–Trinajstić information content (AvgIpc) is 2.86. The van der Waals surface area contributed by atoms with E-state index in [2.05, 4.69) is 15.9 Å². The van der Waals surface area contributed by atoms with Gasteiger partial charge >= 0.3 is 12.1 Å². The highest BCUT2D eigenvalue weighted by molar-refractivity contribution is 9.10. The summed E-state index contributed by atoms with van der Waals surface area (Å²) in [6.45, 7) is 0.170. The molecule has 3 nitrogen and oxygen atoms in total. The van der Waals surface area contributed by atoms with Gasteiger partial charge < -0.3 is 9.64 Å². The number of likely N-dealkylation sites (tertiary alicyclic amines) is 1. The normalized spacial score (nSPS) is 19.2. The van der Waals surface area contributed by atoms with Gasteiger partial charge in [-0.3, -0.25) is 4.79 Å². The smallest absolute Gasteiger partial charge is 0.471 e. The minimum atomic E-state index is -4.81. The van der Waals surface area contributed by atoms with E-state index >= 15 is 0 Å². The highest BCUT2D eigenvalue weighted by Crippen LogP contribution is 2.36. The number of ether oxygens (including phenoxy) is 1. The molecule has 0 spiro atoms. The van der Waals surface area contributed by atoms with Crippen molar-refractivity contribution in [2.45, 2.75) is 18.5 Å². The number of carbonyl (C=O) groups excluding carboxylic acids is 1. The summed E-state index contributed by atoms with van der Waals surface area (Å²) in [6.07, 6.45) is -4.31. The molecule has 0 N–H and O–H groups in total. The number of nitrogens with zero attached hydrogens (tertiary/aromatic N) is 1. The number of benzene rings is 1. The molecule has 1 unspecified atom stereocenters. The third kappa shape index (κ3) is 3.08. The maximum atomic E-state index is 12.4. The number of amides is 1. The fraction of sp³-hybridized carbons (Fsp3) is 0.462. The van der Waals surface area contributed by atoms with Crippen LogP contribution in [0.15, 0.2) is 22.7 Å². The van der Waals surface area contributed by atoms with Crippen LogP contribution in [0.1, 0.15) is 17.9 Å². The van der Waals surface area contributed by atoms with Crippen LogP contribution in [-0.4, -0.2) is 37.2 Å². The van der Waals surface area contributed by atoms with Crippen molar-refractivity contribution >= 4 is 21.8 Å². The monoisotopic (exact) mass is 351 g/mol. The second-order valence-corrected chi connectivity index (χ2v) is 5.54. The lowest BCUT2D eigenvalue weighted by molar-refractivity contribution is -0.184. The Balaban J connectivity index is 2.18. The molecule has 0 bridgehead atoms. The van der Waals surface area contributed by atoms with Crippen LogP contribution in [0.5, 0.6) is 5.75 Å². The molecule has 1 aromatic rings. The summed E-state index contributed by atoms with van der Waals surface area (Å²) in [6, 6.07) is 5.38. The molecule has 0 aliphatic carbocycles. The lowest BCUT2D eigenvalue weighted by Crippen LogP contribution is -2.39. The van der Waals surface area contributed by atoms with Crippen LogP contribution in [0.3, 0.4) is 0 Å². The fourth-order valence-corrected chi connectivity index (χ4v) is 2.78. The third-order valence-corrected chi connectivity index (χ3v) is 3.84. The lowest BCUT2D eigenvalue weighted by Gasteiger charge is -2.19. The van der Waals surface area contributed by atoms with E-state index < -0.39 is 12.1 Å². The zero-order chi connectivity index (χ0) is 14.9. The summed E-state index contributed by atoms with van der Waals surface area (Å²) in [5, 5.41) is 0. The van der Waals surface area contributed by atoms with E-state index in [0.29, 0.717) is 12.2 Å². The largest absolute Gasteiger partial charge is 0.496 e. The quantitative estimate of drug-likeness (QED) is 0.817. The van der Waals surface area contributed by atoms with Crippen LogP contribution >= 0.6 is 15.9 Å². The molecule has 0 aromatic heterocycles. The molecule has 1 aliphatic rings. The zero-order valence-electron chi connectivity index (χ0n) is 10.7. The van der Waals surface area contributed by atoms with Crippen molar-refractivity contribution in [2.75, 3.05) is 20.2 Å². The summed E-state index contributed by atoms with van der Waals surface area (Å²) in [4.78, 5) is 12.1. The summed E-state index contributed by atoms with van der Waals surface area (Å²) >= 11 is 3.33. The minimum absolute atomic E-state index is 0.0607. The molecule has 1 aliphatic heterocycles. The van der Waals surface area contributed by atoms with Crippen molar-refractivity contribution in [3.8, 4) is 5.75 Å². The van der Waals surface area contributed by atoms with Crippen molar-refractivity contribution in [1.29, 1.82) is 0 Å². The first-order valence-electron chi connectivity index (χ1n) is 6.02. The molecular weight excluding hydrogens is 339 g/mol. The summed E-state index contributed by atoms with van der Waals surface area (Å²) in [5.41, 5.74) is 0.819. The zero-order valence-corrected chi connectivity index (χ0v) is 12.3. The van der Waals surface area contributed by atoms with E-state index in [-0.39, 0.29) is 19.0 Å². The van der Waals surface area contributed by atoms with E-state index in [1.807, 2.05) is 6.07 Å². The minimum Gasteiger partial charge on any atom is -0.496 e. The highest BCUT2D eigenvalue weighted by atomic mass is 79.9. The molecule has 0 saturated carbocycles. The van der Waals surface area contributed by atoms with Crippen LogP contribution in [-0.2, 0) is 4.79 Å². The molecule has 1 amide bonds. The van der Waals surface area contributed by atoms with Crippen molar-refractivity contribution < 1.29 is 22.7 Å². The Bertz CT molecular complexity index is 519. The summed E-state index contributed by atoms with van der Waals surface area (Å²) < 4.78 is 43.3. The number of hydrogen-bond donors (Lipinski definition) is 0. The lowest BCUT2D eigenvalue weighted by atomic mass is 9.97. The van der Waals surface area contributed by atoms with Crippen molar-refractivity contribution in [3.63, 3.8) is 0 Å². The molecule has 1 atom stereocenters. The number of carbonyl (C=O) groups is 1. The fourth-order valence-electron chi connectivity index (χ4n) is 2.40. The van der Waals surface area contributed by atoms with Gasteiger partial charge in [0, 0.05) is 29.0 Å². The van der Waals surface area contributed by atoms with Crippen molar-refractivity contribution in [1.82, 2.24) is 4.90 Å². The maximum absolute atomic E-state index is 12.4. The second kappa shape index (κ2) is 5.63. The van der Waals surface area contributed by atoms with Crippen LogP contribution in [0, 0.1) is 0 Å². The van der Waals surface area contributed by atoms with Crippen LogP contribution in [0.25, 0.3) is 0 Å². The second-order valence-electron chi connectivity index (χ2n) is 4.62. The summed E-state index contributed by atoms with van der Waals surface area (Å²) in [5.74, 6) is -1.29. The van der Waals surface area contributed by atoms with Gasteiger partial charge in [-0.1, -0.05) is 15.9 Å². The average molecular weight is 352 g/mol. The standard InChI is InChI=1S/C13H13BrF3NO2/c1-20-11-3-2-9(14)6-10(11)8-4-5-18(7-8)12(19)13(15,16)17/h2-3,6,8H,4-5,7H2,1H3. The molecule has 7 heteroatoms. The van der Waals surface area contributed by atoms with E-state index in [1.165, 1.54) is 7.11 Å².